The molecule has 0 aliphatic heterocycles. The normalized spacial score (nSPS) is 12.0. The molecule has 0 heterocycles. The molecule has 11 heavy (non-hydrogen) atoms. The lowest BCUT2D eigenvalue weighted by Gasteiger charge is -2.15. The van der Waals surface area contributed by atoms with Crippen LogP contribution >= 0.6 is 0 Å². The maximum atomic E-state index is 5.55. The van der Waals surface area contributed by atoms with Crippen LogP contribution in [-0.4, -0.2) is 18.7 Å². The monoisotopic (exact) mass is 159 g/mol. The fourth-order valence-electron chi connectivity index (χ4n) is 1.09. The van der Waals surface area contributed by atoms with Gasteiger partial charge in [0.2, 0.25) is 0 Å². The molecule has 0 spiro atoms. The van der Waals surface area contributed by atoms with Crippen LogP contribution in [0.3, 0.4) is 0 Å². The van der Waals surface area contributed by atoms with Gasteiger partial charge in [-0.15, -0.1) is 4.84 Å². The molecule has 2 heteroatoms. The van der Waals surface area contributed by atoms with Crippen molar-refractivity contribution in [3.8, 4) is 0 Å². The highest BCUT2D eigenvalue weighted by atomic mass is 16.7. The highest BCUT2D eigenvalue weighted by Gasteiger charge is 2.25. The second-order valence-corrected chi connectivity index (χ2v) is 3.38. The van der Waals surface area contributed by atoms with Gasteiger partial charge in [0.1, 0.15) is 6.61 Å². The highest BCUT2D eigenvalue weighted by Crippen LogP contribution is 2.01. The summed E-state index contributed by atoms with van der Waals surface area (Å²) in [6.07, 6.45) is 1.08. The lowest BCUT2D eigenvalue weighted by atomic mass is 10.3. The lowest BCUT2D eigenvalue weighted by Crippen LogP contribution is -2.42. The van der Waals surface area contributed by atoms with Crippen LogP contribution in [-0.2, 0) is 4.84 Å². The number of hydrogen-bond acceptors (Lipinski definition) is 2. The van der Waals surface area contributed by atoms with Crippen LogP contribution < -0.4 is 5.06 Å². The van der Waals surface area contributed by atoms with E-state index in [1.807, 2.05) is 5.06 Å². The molecule has 0 amide bonds. The summed E-state index contributed by atoms with van der Waals surface area (Å²) >= 11 is 0. The molecule has 1 radical (unpaired) electrons. The van der Waals surface area contributed by atoms with Crippen molar-refractivity contribution >= 4 is 0 Å². The SMILES string of the molecule is CCCO[N+](C(C)C)C(C)C. The standard InChI is InChI=1S/C9H21NO/c1-6-7-11-10(8(2)3)9(4)5/h8-9H,6-7H2,1-5H3/q+1. The van der Waals surface area contributed by atoms with Crippen LogP contribution in [0, 0.1) is 0 Å². The average Bonchev–Trinajstić information content (AvgIpc) is 1.87. The molecule has 0 aliphatic rings. The Morgan fingerprint density at radius 1 is 1.09 bits per heavy atom. The van der Waals surface area contributed by atoms with Crippen molar-refractivity contribution in [3.05, 3.63) is 0 Å². The average molecular weight is 159 g/mol. The molecular weight excluding hydrogens is 138 g/mol. The molecule has 0 bridgehead atoms. The van der Waals surface area contributed by atoms with E-state index in [0.29, 0.717) is 12.1 Å². The van der Waals surface area contributed by atoms with E-state index in [2.05, 4.69) is 34.6 Å². The zero-order chi connectivity index (χ0) is 8.85. The van der Waals surface area contributed by atoms with Crippen molar-refractivity contribution in [1.82, 2.24) is 5.06 Å². The Morgan fingerprint density at radius 2 is 1.55 bits per heavy atom. The summed E-state index contributed by atoms with van der Waals surface area (Å²) in [4.78, 5) is 5.55. The van der Waals surface area contributed by atoms with Gasteiger partial charge in [0.15, 0.2) is 12.1 Å². The van der Waals surface area contributed by atoms with E-state index >= 15 is 0 Å². The fourth-order valence-corrected chi connectivity index (χ4v) is 1.09. The second kappa shape index (κ2) is 5.56. The van der Waals surface area contributed by atoms with Crippen molar-refractivity contribution < 1.29 is 4.84 Å². The Labute approximate surface area is 70.5 Å². The van der Waals surface area contributed by atoms with E-state index in [4.69, 9.17) is 4.84 Å². The van der Waals surface area contributed by atoms with E-state index in [-0.39, 0.29) is 0 Å². The van der Waals surface area contributed by atoms with Crippen molar-refractivity contribution in [1.29, 1.82) is 0 Å². The summed E-state index contributed by atoms with van der Waals surface area (Å²) in [6.45, 7) is 11.5. The minimum Gasteiger partial charge on any atom is -0.148 e. The molecular formula is C9H21NO+. The van der Waals surface area contributed by atoms with Gasteiger partial charge in [-0.3, -0.25) is 0 Å². The zero-order valence-electron chi connectivity index (χ0n) is 8.42. The molecule has 0 fully saturated rings. The lowest BCUT2D eigenvalue weighted by molar-refractivity contribution is -0.109. The van der Waals surface area contributed by atoms with Crippen LogP contribution in [0.5, 0.6) is 0 Å². The van der Waals surface area contributed by atoms with Crippen LogP contribution in [0.25, 0.3) is 0 Å². The molecule has 0 N–H and O–H groups in total. The Kier molecular flexibility index (Phi) is 5.51. The fraction of sp³-hybridized carbons (Fsp3) is 1.00. The van der Waals surface area contributed by atoms with Gasteiger partial charge in [-0.25, -0.2) is 0 Å². The van der Waals surface area contributed by atoms with Crippen LogP contribution in [0.15, 0.2) is 0 Å². The van der Waals surface area contributed by atoms with Gasteiger partial charge in [0.05, 0.1) is 0 Å². The molecule has 0 aromatic carbocycles. The van der Waals surface area contributed by atoms with Gasteiger partial charge >= 0.3 is 0 Å². The van der Waals surface area contributed by atoms with E-state index in [1.165, 1.54) is 0 Å². The molecule has 0 unspecified atom stereocenters. The van der Waals surface area contributed by atoms with Gasteiger partial charge in [-0.05, 0) is 39.2 Å². The van der Waals surface area contributed by atoms with Gasteiger partial charge in [0.25, 0.3) is 0 Å². The molecule has 0 aliphatic carbocycles. The third kappa shape index (κ3) is 4.38. The quantitative estimate of drug-likeness (QED) is 0.444. The molecule has 2 nitrogen and oxygen atoms in total. The van der Waals surface area contributed by atoms with Crippen molar-refractivity contribution in [2.75, 3.05) is 6.61 Å². The number of rotatable bonds is 5. The minimum absolute atomic E-state index is 0.474. The maximum absolute atomic E-state index is 5.55. The third-order valence-corrected chi connectivity index (χ3v) is 1.46. The highest BCUT2D eigenvalue weighted by molar-refractivity contribution is 4.62. The van der Waals surface area contributed by atoms with Crippen molar-refractivity contribution in [2.45, 2.75) is 53.1 Å². The summed E-state index contributed by atoms with van der Waals surface area (Å²) in [5.41, 5.74) is 0. The van der Waals surface area contributed by atoms with Crippen molar-refractivity contribution in [2.24, 2.45) is 0 Å². The Bertz CT molecular complexity index is 83.6. The summed E-state index contributed by atoms with van der Waals surface area (Å²) in [5, 5.41) is 2.05. The van der Waals surface area contributed by atoms with Crippen LogP contribution in [0.4, 0.5) is 0 Å². The first kappa shape index (κ1) is 10.9. The first-order chi connectivity index (χ1) is 5.09. The number of hydrogen-bond donors (Lipinski definition) is 0. The van der Waals surface area contributed by atoms with Gasteiger partial charge in [-0.1, -0.05) is 6.92 Å². The largest absolute Gasteiger partial charge is 0.164 e. The Hall–Kier alpha value is -0.0800. The first-order valence-electron chi connectivity index (χ1n) is 4.50. The molecule has 67 valence electrons. The number of nitrogens with zero attached hydrogens (tertiary/aromatic N) is 1. The first-order valence-corrected chi connectivity index (χ1v) is 4.50. The van der Waals surface area contributed by atoms with Gasteiger partial charge in [0, 0.05) is 0 Å². The predicted molar refractivity (Wildman–Crippen MR) is 48.6 cm³/mol. The Balaban J connectivity index is 3.70. The second-order valence-electron chi connectivity index (χ2n) is 3.38. The zero-order valence-corrected chi connectivity index (χ0v) is 8.42. The maximum Gasteiger partial charge on any atom is 0.164 e. The van der Waals surface area contributed by atoms with E-state index in [0.717, 1.165) is 13.0 Å². The molecule has 0 rings (SSSR count). The molecule has 0 atom stereocenters. The van der Waals surface area contributed by atoms with Gasteiger partial charge < -0.3 is 0 Å². The molecule has 0 saturated heterocycles. The van der Waals surface area contributed by atoms with E-state index < -0.39 is 0 Å². The van der Waals surface area contributed by atoms with E-state index in [9.17, 15) is 0 Å². The van der Waals surface area contributed by atoms with E-state index in [1.54, 1.807) is 0 Å². The smallest absolute Gasteiger partial charge is 0.148 e. The van der Waals surface area contributed by atoms with Crippen molar-refractivity contribution in [3.63, 3.8) is 0 Å². The molecule has 0 aromatic heterocycles. The molecule has 0 aromatic rings. The third-order valence-electron chi connectivity index (χ3n) is 1.46. The number of hydroxylamine groups is 2. The van der Waals surface area contributed by atoms with Crippen LogP contribution in [0.1, 0.15) is 41.0 Å². The summed E-state index contributed by atoms with van der Waals surface area (Å²) in [5.74, 6) is 0. The molecule has 0 saturated carbocycles. The Morgan fingerprint density at radius 3 is 1.82 bits per heavy atom. The van der Waals surface area contributed by atoms with Gasteiger partial charge in [-0.2, -0.15) is 0 Å². The van der Waals surface area contributed by atoms with Crippen LogP contribution in [0.2, 0.25) is 0 Å². The summed E-state index contributed by atoms with van der Waals surface area (Å²) in [7, 11) is 0. The topological polar surface area (TPSA) is 15.1 Å². The summed E-state index contributed by atoms with van der Waals surface area (Å²) in [6, 6.07) is 0.947. The minimum atomic E-state index is 0.474. The predicted octanol–water partition coefficient (Wildman–Crippen LogP) is 2.28. The summed E-state index contributed by atoms with van der Waals surface area (Å²) < 4.78 is 0.